The normalized spacial score (nSPS) is 17.8. The molecule has 2 N–H and O–H groups in total. The van der Waals surface area contributed by atoms with Crippen LogP contribution in [0.5, 0.6) is 0 Å². The number of benzene rings is 1. The highest BCUT2D eigenvalue weighted by Gasteiger charge is 2.29. The quantitative estimate of drug-likeness (QED) is 0.852. The van der Waals surface area contributed by atoms with Gasteiger partial charge in [-0.05, 0) is 29.9 Å². The van der Waals surface area contributed by atoms with E-state index in [2.05, 4.69) is 5.32 Å². The Morgan fingerprint density at radius 3 is 2.61 bits per heavy atom. The highest BCUT2D eigenvalue weighted by atomic mass is 19.4. The molecule has 0 saturated heterocycles. The van der Waals surface area contributed by atoms with Gasteiger partial charge in [-0.3, -0.25) is 5.32 Å². The summed E-state index contributed by atoms with van der Waals surface area (Å²) < 4.78 is 36.4. The lowest BCUT2D eigenvalue weighted by Gasteiger charge is -2.18. The molecular formula is C13H16F3NO. The summed E-state index contributed by atoms with van der Waals surface area (Å²) in [5.41, 5.74) is 1.87. The van der Waals surface area contributed by atoms with Crippen LogP contribution in [-0.2, 0) is 0 Å². The Hall–Kier alpha value is -1.07. The Morgan fingerprint density at radius 1 is 1.33 bits per heavy atom. The van der Waals surface area contributed by atoms with Gasteiger partial charge in [-0.1, -0.05) is 24.3 Å². The minimum atomic E-state index is -4.26. The summed E-state index contributed by atoms with van der Waals surface area (Å²) in [6.07, 6.45) is -1.98. The number of halogens is 3. The van der Waals surface area contributed by atoms with Crippen molar-refractivity contribution in [2.24, 2.45) is 0 Å². The molecule has 0 aromatic heterocycles. The highest BCUT2D eigenvalue weighted by Crippen LogP contribution is 2.40. The van der Waals surface area contributed by atoms with Crippen molar-refractivity contribution in [2.45, 2.75) is 31.0 Å². The van der Waals surface area contributed by atoms with Gasteiger partial charge in [0, 0.05) is 0 Å². The van der Waals surface area contributed by atoms with Crippen LogP contribution in [0.25, 0.3) is 0 Å². The molecule has 1 atom stereocenters. The van der Waals surface area contributed by atoms with Gasteiger partial charge in [-0.2, -0.15) is 13.2 Å². The number of aliphatic hydroxyl groups excluding tert-OH is 1. The molecular weight excluding hydrogens is 243 g/mol. The van der Waals surface area contributed by atoms with Gasteiger partial charge in [-0.25, -0.2) is 0 Å². The number of rotatable bonds is 5. The van der Waals surface area contributed by atoms with Gasteiger partial charge in [0.25, 0.3) is 0 Å². The second kappa shape index (κ2) is 5.28. The average molecular weight is 259 g/mol. The number of hydrogen-bond donors (Lipinski definition) is 2. The lowest BCUT2D eigenvalue weighted by Crippen LogP contribution is -2.33. The zero-order chi connectivity index (χ0) is 13.2. The van der Waals surface area contributed by atoms with Gasteiger partial charge < -0.3 is 5.11 Å². The molecule has 18 heavy (non-hydrogen) atoms. The maximum absolute atomic E-state index is 12.1. The summed E-state index contributed by atoms with van der Waals surface area (Å²) in [4.78, 5) is 0. The molecule has 1 aromatic rings. The fraction of sp³-hybridized carbons (Fsp3) is 0.538. The standard InChI is InChI=1S/C13H16F3NO/c14-13(15,16)8-17-12(7-18)11-3-1-2-10(6-11)9-4-5-9/h1-3,6,9,12,17-18H,4-5,7-8H2. The summed E-state index contributed by atoms with van der Waals surface area (Å²) in [5.74, 6) is 0.548. The van der Waals surface area contributed by atoms with Gasteiger partial charge >= 0.3 is 6.18 Å². The molecule has 1 fully saturated rings. The average Bonchev–Trinajstić information content (AvgIpc) is 3.12. The van der Waals surface area contributed by atoms with E-state index in [1.165, 1.54) is 0 Å². The van der Waals surface area contributed by atoms with Gasteiger partial charge in [0.1, 0.15) is 0 Å². The van der Waals surface area contributed by atoms with Crippen LogP contribution in [0.3, 0.4) is 0 Å². The smallest absolute Gasteiger partial charge is 0.394 e. The molecule has 0 heterocycles. The van der Waals surface area contributed by atoms with E-state index in [1.807, 2.05) is 18.2 Å². The summed E-state index contributed by atoms with van der Waals surface area (Å²) in [7, 11) is 0. The van der Waals surface area contributed by atoms with E-state index >= 15 is 0 Å². The molecule has 2 rings (SSSR count). The fourth-order valence-electron chi connectivity index (χ4n) is 1.97. The van der Waals surface area contributed by atoms with Crippen LogP contribution in [0.4, 0.5) is 13.2 Å². The summed E-state index contributed by atoms with van der Waals surface area (Å²) in [6.45, 7) is -1.43. The van der Waals surface area contributed by atoms with Crippen molar-refractivity contribution in [3.63, 3.8) is 0 Å². The Morgan fingerprint density at radius 2 is 2.06 bits per heavy atom. The van der Waals surface area contributed by atoms with Crippen molar-refractivity contribution in [3.8, 4) is 0 Å². The number of nitrogens with one attached hydrogen (secondary N) is 1. The largest absolute Gasteiger partial charge is 0.401 e. The minimum Gasteiger partial charge on any atom is -0.394 e. The molecule has 1 unspecified atom stereocenters. The maximum Gasteiger partial charge on any atom is 0.401 e. The van der Waals surface area contributed by atoms with E-state index in [9.17, 15) is 18.3 Å². The second-order valence-corrected chi connectivity index (χ2v) is 4.68. The minimum absolute atomic E-state index is 0.343. The molecule has 5 heteroatoms. The molecule has 0 radical (unpaired) electrons. The Kier molecular flexibility index (Phi) is 3.92. The van der Waals surface area contributed by atoms with Crippen LogP contribution in [-0.4, -0.2) is 24.4 Å². The number of alkyl halides is 3. The van der Waals surface area contributed by atoms with Crippen molar-refractivity contribution in [2.75, 3.05) is 13.2 Å². The molecule has 0 bridgehead atoms. The molecule has 1 aliphatic carbocycles. The molecule has 1 saturated carbocycles. The fourth-order valence-corrected chi connectivity index (χ4v) is 1.97. The first-order chi connectivity index (χ1) is 8.49. The molecule has 2 nitrogen and oxygen atoms in total. The third-order valence-corrected chi connectivity index (χ3v) is 3.09. The lowest BCUT2D eigenvalue weighted by atomic mass is 10.0. The van der Waals surface area contributed by atoms with E-state index in [-0.39, 0.29) is 6.61 Å². The number of hydrogen-bond acceptors (Lipinski definition) is 2. The van der Waals surface area contributed by atoms with E-state index in [0.29, 0.717) is 11.5 Å². The Bertz CT molecular complexity index is 401. The van der Waals surface area contributed by atoms with Crippen molar-refractivity contribution in [1.82, 2.24) is 5.32 Å². The van der Waals surface area contributed by atoms with Crippen LogP contribution in [0.15, 0.2) is 24.3 Å². The first-order valence-corrected chi connectivity index (χ1v) is 6.00. The summed E-state index contributed by atoms with van der Waals surface area (Å²) >= 11 is 0. The van der Waals surface area contributed by atoms with Crippen molar-refractivity contribution in [1.29, 1.82) is 0 Å². The first kappa shape index (κ1) is 13.4. The summed E-state index contributed by atoms with van der Waals surface area (Å²) in [5, 5.41) is 11.5. The monoisotopic (exact) mass is 259 g/mol. The molecule has 1 aromatic carbocycles. The zero-order valence-electron chi connectivity index (χ0n) is 9.87. The van der Waals surface area contributed by atoms with Crippen LogP contribution in [0.2, 0.25) is 0 Å². The van der Waals surface area contributed by atoms with Crippen LogP contribution < -0.4 is 5.32 Å². The van der Waals surface area contributed by atoms with Crippen molar-refractivity contribution < 1.29 is 18.3 Å². The first-order valence-electron chi connectivity index (χ1n) is 6.00. The van der Waals surface area contributed by atoms with Crippen molar-refractivity contribution in [3.05, 3.63) is 35.4 Å². The van der Waals surface area contributed by atoms with E-state index in [1.54, 1.807) is 6.07 Å². The molecule has 0 amide bonds. The Labute approximate surface area is 104 Å². The lowest BCUT2D eigenvalue weighted by molar-refractivity contribution is -0.126. The molecule has 0 aliphatic heterocycles. The number of aliphatic hydroxyl groups is 1. The van der Waals surface area contributed by atoms with Gasteiger partial charge in [0.15, 0.2) is 0 Å². The van der Waals surface area contributed by atoms with Crippen molar-refractivity contribution >= 4 is 0 Å². The van der Waals surface area contributed by atoms with E-state index in [4.69, 9.17) is 0 Å². The van der Waals surface area contributed by atoms with Crippen LogP contribution in [0.1, 0.15) is 35.9 Å². The van der Waals surface area contributed by atoms with Gasteiger partial charge in [-0.15, -0.1) is 0 Å². The second-order valence-electron chi connectivity index (χ2n) is 4.68. The Balaban J connectivity index is 2.04. The third kappa shape index (κ3) is 3.71. The SMILES string of the molecule is OCC(NCC(F)(F)F)c1cccc(C2CC2)c1. The predicted molar refractivity (Wildman–Crippen MR) is 62.3 cm³/mol. The van der Waals surface area contributed by atoms with E-state index in [0.717, 1.165) is 18.4 Å². The van der Waals surface area contributed by atoms with E-state index < -0.39 is 18.8 Å². The molecule has 1 aliphatic rings. The predicted octanol–water partition coefficient (Wildman–Crippen LogP) is 2.75. The van der Waals surface area contributed by atoms with Gasteiger partial charge in [0.05, 0.1) is 19.2 Å². The maximum atomic E-state index is 12.1. The highest BCUT2D eigenvalue weighted by molar-refractivity contribution is 5.31. The van der Waals surface area contributed by atoms with Gasteiger partial charge in [0.2, 0.25) is 0 Å². The zero-order valence-corrected chi connectivity index (χ0v) is 9.87. The molecule has 100 valence electrons. The molecule has 0 spiro atoms. The third-order valence-electron chi connectivity index (χ3n) is 3.09. The topological polar surface area (TPSA) is 32.3 Å². The summed E-state index contributed by atoms with van der Waals surface area (Å²) in [6, 6.07) is 6.79. The van der Waals surface area contributed by atoms with Crippen LogP contribution >= 0.6 is 0 Å². The van der Waals surface area contributed by atoms with Crippen LogP contribution in [0, 0.1) is 0 Å².